The first-order valence-electron chi connectivity index (χ1n) is 6.07. The normalized spacial score (nSPS) is 12.5. The Labute approximate surface area is 124 Å². The lowest BCUT2D eigenvalue weighted by atomic mass is 9.99. The molecule has 0 amide bonds. The van der Waals surface area contributed by atoms with Crippen LogP contribution in [0.5, 0.6) is 5.75 Å². The molecule has 1 atom stereocenters. The standard InChI is InChI=1S/C15H12ClF3O2/c1-8-6-10(11(16)7-12(8)17)14(20)9-4-2-3-5-13(9)21-15(18)19/h2-7,14-15,20H,1H3. The Kier molecular flexibility index (Phi) is 4.75. The SMILES string of the molecule is Cc1cc(C(O)c2ccccc2OC(F)F)c(Cl)cc1F. The Morgan fingerprint density at radius 1 is 1.14 bits per heavy atom. The summed E-state index contributed by atoms with van der Waals surface area (Å²) in [4.78, 5) is 0. The van der Waals surface area contributed by atoms with E-state index in [4.69, 9.17) is 11.6 Å². The van der Waals surface area contributed by atoms with Gasteiger partial charge in [0.15, 0.2) is 0 Å². The highest BCUT2D eigenvalue weighted by Gasteiger charge is 2.20. The van der Waals surface area contributed by atoms with Gasteiger partial charge in [0.25, 0.3) is 0 Å². The van der Waals surface area contributed by atoms with Crippen LogP contribution in [0.1, 0.15) is 22.8 Å². The maximum atomic E-state index is 13.4. The minimum atomic E-state index is -3.01. The Balaban J connectivity index is 2.45. The van der Waals surface area contributed by atoms with E-state index in [1.54, 1.807) is 6.07 Å². The summed E-state index contributed by atoms with van der Waals surface area (Å²) < 4.78 is 42.5. The van der Waals surface area contributed by atoms with Crippen molar-refractivity contribution in [3.05, 3.63) is 63.9 Å². The molecule has 21 heavy (non-hydrogen) atoms. The summed E-state index contributed by atoms with van der Waals surface area (Å²) in [5, 5.41) is 10.4. The predicted molar refractivity (Wildman–Crippen MR) is 73.3 cm³/mol. The Morgan fingerprint density at radius 3 is 2.48 bits per heavy atom. The van der Waals surface area contributed by atoms with Gasteiger partial charge in [0, 0.05) is 16.1 Å². The van der Waals surface area contributed by atoms with Crippen molar-refractivity contribution in [2.24, 2.45) is 0 Å². The van der Waals surface area contributed by atoms with Crippen LogP contribution in [-0.2, 0) is 0 Å². The van der Waals surface area contributed by atoms with Gasteiger partial charge in [0.2, 0.25) is 0 Å². The lowest BCUT2D eigenvalue weighted by Crippen LogP contribution is -2.08. The predicted octanol–water partition coefficient (Wildman–Crippen LogP) is 4.47. The van der Waals surface area contributed by atoms with Gasteiger partial charge in [-0.15, -0.1) is 0 Å². The first kappa shape index (κ1) is 15.7. The zero-order valence-electron chi connectivity index (χ0n) is 11.0. The third-order valence-electron chi connectivity index (χ3n) is 3.00. The van der Waals surface area contributed by atoms with Crippen molar-refractivity contribution in [3.8, 4) is 5.75 Å². The fourth-order valence-corrected chi connectivity index (χ4v) is 2.22. The molecule has 0 saturated carbocycles. The Bertz CT molecular complexity index is 647. The number of aliphatic hydroxyl groups excluding tert-OH is 1. The molecule has 0 aliphatic rings. The Hall–Kier alpha value is -1.72. The second kappa shape index (κ2) is 6.37. The molecule has 0 aliphatic carbocycles. The summed E-state index contributed by atoms with van der Waals surface area (Å²) in [5.41, 5.74) is 0.646. The van der Waals surface area contributed by atoms with Crippen LogP contribution in [0, 0.1) is 12.7 Å². The monoisotopic (exact) mass is 316 g/mol. The summed E-state index contributed by atoms with van der Waals surface area (Å²) in [6.07, 6.45) is -1.30. The van der Waals surface area contributed by atoms with Gasteiger partial charge < -0.3 is 9.84 Å². The van der Waals surface area contributed by atoms with Crippen molar-refractivity contribution in [1.29, 1.82) is 0 Å². The molecule has 0 spiro atoms. The van der Waals surface area contributed by atoms with Gasteiger partial charge in [-0.05, 0) is 30.7 Å². The second-order valence-electron chi connectivity index (χ2n) is 4.44. The maximum absolute atomic E-state index is 13.4. The summed E-state index contributed by atoms with van der Waals surface area (Å²) in [6.45, 7) is -1.49. The highest BCUT2D eigenvalue weighted by atomic mass is 35.5. The van der Waals surface area contributed by atoms with Gasteiger partial charge in [0.05, 0.1) is 0 Å². The van der Waals surface area contributed by atoms with Crippen LogP contribution in [0.4, 0.5) is 13.2 Å². The largest absolute Gasteiger partial charge is 0.434 e. The fourth-order valence-electron chi connectivity index (χ4n) is 1.97. The van der Waals surface area contributed by atoms with Gasteiger partial charge in [0.1, 0.15) is 17.7 Å². The number of aryl methyl sites for hydroxylation is 1. The smallest absolute Gasteiger partial charge is 0.387 e. The van der Waals surface area contributed by atoms with Gasteiger partial charge in [-0.1, -0.05) is 29.8 Å². The molecule has 1 N–H and O–H groups in total. The van der Waals surface area contributed by atoms with E-state index in [1.165, 1.54) is 31.2 Å². The Morgan fingerprint density at radius 2 is 1.81 bits per heavy atom. The van der Waals surface area contributed by atoms with Gasteiger partial charge in [-0.2, -0.15) is 8.78 Å². The van der Waals surface area contributed by atoms with Crippen LogP contribution in [0.3, 0.4) is 0 Å². The van der Waals surface area contributed by atoms with Crippen LogP contribution in [0.15, 0.2) is 36.4 Å². The van der Waals surface area contributed by atoms with Crippen molar-refractivity contribution >= 4 is 11.6 Å². The first-order valence-corrected chi connectivity index (χ1v) is 6.45. The molecule has 0 radical (unpaired) electrons. The highest BCUT2D eigenvalue weighted by molar-refractivity contribution is 6.31. The molecule has 2 nitrogen and oxygen atoms in total. The summed E-state index contributed by atoms with van der Waals surface area (Å²) in [6, 6.07) is 8.28. The molecule has 1 unspecified atom stereocenters. The fraction of sp³-hybridized carbons (Fsp3) is 0.200. The lowest BCUT2D eigenvalue weighted by molar-refractivity contribution is -0.0512. The quantitative estimate of drug-likeness (QED) is 0.901. The number of alkyl halides is 2. The van der Waals surface area contributed by atoms with Crippen molar-refractivity contribution in [2.75, 3.05) is 0 Å². The number of benzene rings is 2. The van der Waals surface area contributed by atoms with Crippen LogP contribution >= 0.6 is 11.6 Å². The molecule has 2 aromatic carbocycles. The minimum Gasteiger partial charge on any atom is -0.434 e. The molecule has 0 heterocycles. The number of ether oxygens (including phenoxy) is 1. The third-order valence-corrected chi connectivity index (χ3v) is 3.33. The van der Waals surface area contributed by atoms with Crippen LogP contribution in [0.25, 0.3) is 0 Å². The molecule has 0 saturated heterocycles. The lowest BCUT2D eigenvalue weighted by Gasteiger charge is -2.17. The van der Waals surface area contributed by atoms with E-state index in [-0.39, 0.29) is 21.9 Å². The van der Waals surface area contributed by atoms with Crippen LogP contribution in [-0.4, -0.2) is 11.7 Å². The average molecular weight is 317 g/mol. The highest BCUT2D eigenvalue weighted by Crippen LogP contribution is 2.35. The minimum absolute atomic E-state index is 0.0115. The van der Waals surface area contributed by atoms with E-state index in [1.807, 2.05) is 0 Å². The van der Waals surface area contributed by atoms with E-state index in [0.29, 0.717) is 5.56 Å². The van der Waals surface area contributed by atoms with Crippen molar-refractivity contribution in [1.82, 2.24) is 0 Å². The molecule has 0 aromatic heterocycles. The molecule has 0 bridgehead atoms. The molecule has 0 fully saturated rings. The van der Waals surface area contributed by atoms with Gasteiger partial charge >= 0.3 is 6.61 Å². The molecular weight excluding hydrogens is 305 g/mol. The average Bonchev–Trinajstić information content (AvgIpc) is 2.42. The summed E-state index contributed by atoms with van der Waals surface area (Å²) in [7, 11) is 0. The number of rotatable bonds is 4. The number of hydrogen-bond donors (Lipinski definition) is 1. The number of aliphatic hydroxyl groups is 1. The van der Waals surface area contributed by atoms with Crippen molar-refractivity contribution in [3.63, 3.8) is 0 Å². The zero-order chi connectivity index (χ0) is 15.6. The van der Waals surface area contributed by atoms with Gasteiger partial charge in [-0.3, -0.25) is 0 Å². The molecule has 2 rings (SSSR count). The summed E-state index contributed by atoms with van der Waals surface area (Å²) in [5.74, 6) is -0.661. The van der Waals surface area contributed by atoms with E-state index in [2.05, 4.69) is 4.74 Å². The molecule has 0 aliphatic heterocycles. The summed E-state index contributed by atoms with van der Waals surface area (Å²) >= 11 is 5.92. The molecular formula is C15H12ClF3O2. The van der Waals surface area contributed by atoms with Crippen molar-refractivity contribution in [2.45, 2.75) is 19.6 Å². The van der Waals surface area contributed by atoms with E-state index < -0.39 is 18.5 Å². The van der Waals surface area contributed by atoms with Crippen LogP contribution in [0.2, 0.25) is 5.02 Å². The van der Waals surface area contributed by atoms with Gasteiger partial charge in [-0.25, -0.2) is 4.39 Å². The molecule has 6 heteroatoms. The maximum Gasteiger partial charge on any atom is 0.387 e. The van der Waals surface area contributed by atoms with Crippen LogP contribution < -0.4 is 4.74 Å². The molecule has 112 valence electrons. The van der Waals surface area contributed by atoms with E-state index >= 15 is 0 Å². The third kappa shape index (κ3) is 3.49. The number of para-hydroxylation sites is 1. The van der Waals surface area contributed by atoms with E-state index in [0.717, 1.165) is 6.07 Å². The topological polar surface area (TPSA) is 29.5 Å². The zero-order valence-corrected chi connectivity index (χ0v) is 11.7. The van der Waals surface area contributed by atoms with E-state index in [9.17, 15) is 18.3 Å². The number of halogens is 4. The number of hydrogen-bond acceptors (Lipinski definition) is 2. The van der Waals surface area contributed by atoms with Crippen molar-refractivity contribution < 1.29 is 23.0 Å². The second-order valence-corrected chi connectivity index (χ2v) is 4.85. The first-order chi connectivity index (χ1) is 9.90. The molecule has 2 aromatic rings.